The molecule has 14 heteroatoms. The van der Waals surface area contributed by atoms with E-state index in [9.17, 15) is 21.4 Å². The van der Waals surface area contributed by atoms with E-state index in [0.29, 0.717) is 49.1 Å². The van der Waals surface area contributed by atoms with Gasteiger partial charge in [-0.25, -0.2) is 13.1 Å². The van der Waals surface area contributed by atoms with Crippen LogP contribution in [0.3, 0.4) is 0 Å². The second-order valence-electron chi connectivity index (χ2n) is 11.7. The highest BCUT2D eigenvalue weighted by atomic mass is 32.2. The van der Waals surface area contributed by atoms with Crippen LogP contribution in [-0.2, 0) is 20.1 Å². The van der Waals surface area contributed by atoms with Crippen LogP contribution in [0.15, 0.2) is 68.7 Å². The fourth-order valence-corrected chi connectivity index (χ4v) is 8.75. The molecule has 0 amide bonds. The highest BCUT2D eigenvalue weighted by Gasteiger charge is 2.66. The largest absolute Gasteiger partial charge is 0.481 e. The summed E-state index contributed by atoms with van der Waals surface area (Å²) in [5, 5.41) is 1.75. The van der Waals surface area contributed by atoms with Crippen LogP contribution in [0.1, 0.15) is 57.6 Å². The van der Waals surface area contributed by atoms with Crippen LogP contribution < -0.4 is 25.3 Å². The first-order valence-corrected chi connectivity index (χ1v) is 18.3. The first-order valence-electron chi connectivity index (χ1n) is 15.3. The molecule has 1 spiro atoms. The number of ether oxygens (including phenoxy) is 1. The van der Waals surface area contributed by atoms with Gasteiger partial charge in [-0.3, -0.25) is 14.6 Å². The van der Waals surface area contributed by atoms with Crippen LogP contribution >= 0.6 is 0 Å². The molecule has 2 aromatic rings. The fraction of sp³-hybridized carbons (Fsp3) is 0.452. The van der Waals surface area contributed by atoms with Crippen molar-refractivity contribution < 1.29 is 26.1 Å². The second-order valence-corrected chi connectivity index (χ2v) is 14.9. The van der Waals surface area contributed by atoms with Crippen LogP contribution in [0.2, 0.25) is 0 Å². The molecule has 4 N–H and O–H groups in total. The number of nitrogens with zero attached hydrogens (tertiary/aromatic N) is 3. The molecular weight excluding hydrogens is 617 g/mol. The standard InChI is InChI=1S/C31H40N6O6S2/c1-5-32-27-18-31-25(27)17-26(31)30(23-12-10-21(15-28(23)43-31)37(6-2)7-3)24-13-11-22(16-29(24)45(40,41)42)44(38,39)33-14-8-9-20-19-36(4)35-34-20/h10-13,15-16,19,25,33-35H,5-9,14,17-18H2,1-4H3,(H,40,41,42)/b32-27+/t25-,31?/m0/s1. The minimum Gasteiger partial charge on any atom is -0.481 e. The van der Waals surface area contributed by atoms with E-state index in [4.69, 9.17) is 4.74 Å². The Morgan fingerprint density at radius 1 is 1.11 bits per heavy atom. The third kappa shape index (κ3) is 5.52. The molecule has 2 saturated carbocycles. The Kier molecular flexibility index (Phi) is 8.23. The van der Waals surface area contributed by atoms with Gasteiger partial charge in [0.05, 0.1) is 4.90 Å². The Hall–Kier alpha value is -3.43. The van der Waals surface area contributed by atoms with E-state index >= 15 is 0 Å². The molecule has 2 heterocycles. The second kappa shape index (κ2) is 11.7. The zero-order valence-electron chi connectivity index (χ0n) is 25.9. The van der Waals surface area contributed by atoms with Gasteiger partial charge in [0.15, 0.2) is 0 Å². The molecule has 2 atom stereocenters. The molecular formula is C31H40N6O6S2. The molecule has 2 aliphatic carbocycles. The summed E-state index contributed by atoms with van der Waals surface area (Å²) in [4.78, 5) is 6.17. The molecule has 242 valence electrons. The predicted octanol–water partition coefficient (Wildman–Crippen LogP) is 3.45. The SMILES string of the molecule is CC/N=C1\CC23Oc4cc(N(CC)CC)ccc4C(c4ccc(S(=O)(=O)NCCCC5=CN(C)NN5)cc4S(=O)(=O)O)=C2C[C@@H]13. The Morgan fingerprint density at radius 2 is 1.87 bits per heavy atom. The number of hydrogen-bond donors (Lipinski definition) is 4. The summed E-state index contributed by atoms with van der Waals surface area (Å²) in [6.07, 6.45) is 4.25. The van der Waals surface area contributed by atoms with Crippen LogP contribution in [0.25, 0.3) is 5.57 Å². The van der Waals surface area contributed by atoms with Gasteiger partial charge in [-0.2, -0.15) is 8.42 Å². The topological polar surface area (TPSA) is 153 Å². The van der Waals surface area contributed by atoms with Crippen molar-refractivity contribution in [3.8, 4) is 5.75 Å². The maximum atomic E-state index is 13.2. The Balaban J connectivity index is 1.38. The van der Waals surface area contributed by atoms with E-state index in [-0.39, 0.29) is 22.9 Å². The van der Waals surface area contributed by atoms with Crippen LogP contribution in [0.5, 0.6) is 5.75 Å². The monoisotopic (exact) mass is 656 g/mol. The quantitative estimate of drug-likeness (QED) is 0.197. The summed E-state index contributed by atoms with van der Waals surface area (Å²) in [5.74, 6) is 0.725. The third-order valence-corrected chi connectivity index (χ3v) is 11.5. The lowest BCUT2D eigenvalue weighted by Crippen LogP contribution is -2.68. The Morgan fingerprint density at radius 3 is 2.51 bits per heavy atom. The molecule has 2 aromatic carbocycles. The molecule has 2 fully saturated rings. The first-order chi connectivity index (χ1) is 21.4. The van der Waals surface area contributed by atoms with Gasteiger partial charge in [0.25, 0.3) is 10.1 Å². The average molecular weight is 657 g/mol. The van der Waals surface area contributed by atoms with E-state index in [1.807, 2.05) is 38.4 Å². The lowest BCUT2D eigenvalue weighted by molar-refractivity contribution is -0.00888. The lowest BCUT2D eigenvalue weighted by Gasteiger charge is -2.62. The summed E-state index contributed by atoms with van der Waals surface area (Å²) in [7, 11) is -7.04. The van der Waals surface area contributed by atoms with Crippen molar-refractivity contribution in [1.29, 1.82) is 0 Å². The van der Waals surface area contributed by atoms with Gasteiger partial charge in [-0.1, -0.05) is 6.07 Å². The lowest BCUT2D eigenvalue weighted by atomic mass is 9.49. The minimum atomic E-state index is -4.82. The molecule has 0 radical (unpaired) electrons. The van der Waals surface area contributed by atoms with Gasteiger partial charge >= 0.3 is 0 Å². The Labute approximate surface area is 265 Å². The molecule has 0 saturated heterocycles. The average Bonchev–Trinajstić information content (AvgIpc) is 3.42. The van der Waals surface area contributed by atoms with Crippen LogP contribution in [0.4, 0.5) is 5.69 Å². The molecule has 0 aromatic heterocycles. The molecule has 2 aliphatic heterocycles. The molecule has 12 nitrogen and oxygen atoms in total. The number of benzene rings is 2. The summed E-state index contributed by atoms with van der Waals surface area (Å²) < 4.78 is 72.0. The summed E-state index contributed by atoms with van der Waals surface area (Å²) in [6, 6.07) is 9.82. The number of rotatable bonds is 12. The zero-order valence-corrected chi connectivity index (χ0v) is 27.6. The van der Waals surface area contributed by atoms with Crippen LogP contribution in [-0.4, -0.2) is 70.9 Å². The number of fused-ring (bicyclic) bond motifs is 1. The van der Waals surface area contributed by atoms with Crippen molar-refractivity contribution in [2.45, 2.75) is 61.8 Å². The van der Waals surface area contributed by atoms with E-state index < -0.39 is 30.6 Å². The third-order valence-electron chi connectivity index (χ3n) is 9.11. The fourth-order valence-electron chi connectivity index (χ4n) is 6.85. The number of nitrogens with one attached hydrogen (secondary N) is 3. The van der Waals surface area contributed by atoms with Gasteiger partial charge in [-0.05, 0) is 75.4 Å². The van der Waals surface area contributed by atoms with Gasteiger partial charge < -0.3 is 15.1 Å². The summed E-state index contributed by atoms with van der Waals surface area (Å²) >= 11 is 0. The van der Waals surface area contributed by atoms with E-state index in [1.165, 1.54) is 12.1 Å². The van der Waals surface area contributed by atoms with Crippen LogP contribution in [0, 0.1) is 5.92 Å². The maximum absolute atomic E-state index is 13.2. The normalized spacial score (nSPS) is 22.9. The van der Waals surface area contributed by atoms with Gasteiger partial charge in [0, 0.05) is 86.1 Å². The van der Waals surface area contributed by atoms with Crippen molar-refractivity contribution in [3.05, 3.63) is 65.0 Å². The summed E-state index contributed by atoms with van der Waals surface area (Å²) in [5.41, 5.74) is 10.8. The predicted molar refractivity (Wildman–Crippen MR) is 173 cm³/mol. The van der Waals surface area contributed by atoms with E-state index in [1.54, 1.807) is 5.01 Å². The maximum Gasteiger partial charge on any atom is 0.295 e. The molecule has 6 rings (SSSR count). The van der Waals surface area contributed by atoms with Crippen molar-refractivity contribution in [1.82, 2.24) is 20.7 Å². The van der Waals surface area contributed by atoms with E-state index in [0.717, 1.165) is 41.8 Å². The number of hydrogen-bond acceptors (Lipinski definition) is 10. The van der Waals surface area contributed by atoms with E-state index in [2.05, 4.69) is 39.4 Å². The van der Waals surface area contributed by atoms with Gasteiger partial charge in [0.1, 0.15) is 16.2 Å². The first kappa shape index (κ1) is 31.5. The number of hydrazine groups is 2. The van der Waals surface area contributed by atoms with Gasteiger partial charge in [-0.15, -0.1) is 5.53 Å². The molecule has 0 bridgehead atoms. The number of aliphatic imine (C=N–C) groups is 1. The number of anilines is 1. The molecule has 4 aliphatic rings. The van der Waals surface area contributed by atoms with Crippen molar-refractivity contribution in [2.24, 2.45) is 10.9 Å². The van der Waals surface area contributed by atoms with Crippen molar-refractivity contribution in [2.75, 3.05) is 38.1 Å². The Bertz CT molecular complexity index is 1830. The number of sulfonamides is 1. The minimum absolute atomic E-state index is 0.0946. The zero-order chi connectivity index (χ0) is 32.1. The van der Waals surface area contributed by atoms with Gasteiger partial charge in [0.2, 0.25) is 10.0 Å². The highest BCUT2D eigenvalue weighted by molar-refractivity contribution is 7.89. The van der Waals surface area contributed by atoms with Crippen molar-refractivity contribution >= 4 is 37.1 Å². The molecule has 45 heavy (non-hydrogen) atoms. The van der Waals surface area contributed by atoms with Crippen molar-refractivity contribution in [3.63, 3.8) is 0 Å². The molecule has 1 unspecified atom stereocenters. The summed E-state index contributed by atoms with van der Waals surface area (Å²) in [6.45, 7) is 8.60. The highest BCUT2D eigenvalue weighted by Crippen LogP contribution is 2.64. The smallest absolute Gasteiger partial charge is 0.295 e. The number of allylic oxidation sites excluding steroid dienone is 1.